The average Bonchev–Trinajstić information content (AvgIpc) is 3.41. The zero-order chi connectivity index (χ0) is 23.4. The minimum atomic E-state index is -0.964. The first-order valence-corrected chi connectivity index (χ1v) is 11.7. The number of rotatable bonds is 8. The molecule has 0 spiro atoms. The number of benzene rings is 2. The van der Waals surface area contributed by atoms with Gasteiger partial charge in [-0.15, -0.1) is 16.4 Å². The number of amides is 1. The predicted molar refractivity (Wildman–Crippen MR) is 124 cm³/mol. The van der Waals surface area contributed by atoms with Gasteiger partial charge < -0.3 is 5.32 Å². The highest BCUT2D eigenvalue weighted by Crippen LogP contribution is 2.27. The summed E-state index contributed by atoms with van der Waals surface area (Å²) in [5.74, 6) is -2.22. The largest absolute Gasteiger partial charge is 0.343 e. The summed E-state index contributed by atoms with van der Waals surface area (Å²) in [5.41, 5.74) is 1.59. The molecule has 0 aliphatic rings. The Bertz CT molecular complexity index is 1320. The highest BCUT2D eigenvalue weighted by Gasteiger charge is 2.20. The first-order valence-electron chi connectivity index (χ1n) is 9.98. The second-order valence-corrected chi connectivity index (χ2v) is 9.28. The molecule has 0 fully saturated rings. The minimum Gasteiger partial charge on any atom is -0.301 e. The van der Waals surface area contributed by atoms with E-state index in [1.54, 1.807) is 12.3 Å². The summed E-state index contributed by atoms with van der Waals surface area (Å²) >= 11 is 2.33. The molecular formula is C22H19F2N5O2S2. The number of nitrogens with one attached hydrogen (secondary N) is 2. The molecule has 33 heavy (non-hydrogen) atoms. The maximum Gasteiger partial charge on any atom is 0.343 e. The smallest absolute Gasteiger partial charge is 0.301 e. The molecule has 0 radical (unpaired) electrons. The zero-order valence-corrected chi connectivity index (χ0v) is 19.1. The van der Waals surface area contributed by atoms with Crippen molar-refractivity contribution < 1.29 is 13.6 Å². The first-order chi connectivity index (χ1) is 15.9. The van der Waals surface area contributed by atoms with Crippen LogP contribution in [0.5, 0.6) is 0 Å². The van der Waals surface area contributed by atoms with Crippen molar-refractivity contribution >= 4 is 34.1 Å². The molecule has 0 aliphatic heterocycles. The van der Waals surface area contributed by atoms with Crippen LogP contribution in [-0.4, -0.2) is 30.9 Å². The summed E-state index contributed by atoms with van der Waals surface area (Å²) in [4.78, 5) is 29.1. The number of aromatic nitrogens is 4. The summed E-state index contributed by atoms with van der Waals surface area (Å²) in [7, 11) is 0. The van der Waals surface area contributed by atoms with E-state index in [0.29, 0.717) is 34.5 Å². The Balaban J connectivity index is 1.39. The Morgan fingerprint density at radius 1 is 1.21 bits per heavy atom. The number of hydrogen-bond acceptors (Lipinski definition) is 6. The van der Waals surface area contributed by atoms with E-state index in [1.807, 2.05) is 30.3 Å². The van der Waals surface area contributed by atoms with Gasteiger partial charge in [0.2, 0.25) is 5.91 Å². The highest BCUT2D eigenvalue weighted by atomic mass is 32.2. The number of anilines is 1. The van der Waals surface area contributed by atoms with Gasteiger partial charge >= 0.3 is 5.69 Å². The number of carbonyl (C=O) groups excluding carboxylic acids is 1. The lowest BCUT2D eigenvalue weighted by atomic mass is 10.1. The molecule has 4 rings (SSSR count). The summed E-state index contributed by atoms with van der Waals surface area (Å²) in [6, 6.07) is 13.3. The Kier molecular flexibility index (Phi) is 6.99. The van der Waals surface area contributed by atoms with E-state index in [4.69, 9.17) is 0 Å². The van der Waals surface area contributed by atoms with Crippen molar-refractivity contribution in [2.24, 2.45) is 0 Å². The molecule has 11 heteroatoms. The molecule has 1 unspecified atom stereocenters. The molecule has 170 valence electrons. The SMILES string of the molecule is CC(Sc1n[nH]c(=O)n1CCc1ccccc1)C(=O)Nc1nc(-c2ccc(F)c(F)c2)cs1. The molecule has 0 saturated carbocycles. The van der Waals surface area contributed by atoms with Gasteiger partial charge in [0.15, 0.2) is 21.9 Å². The maximum atomic E-state index is 13.5. The lowest BCUT2D eigenvalue weighted by Gasteiger charge is -2.11. The molecule has 2 aromatic heterocycles. The molecule has 2 heterocycles. The third-order valence-corrected chi connectivity index (χ3v) is 6.64. The fourth-order valence-corrected chi connectivity index (χ4v) is 4.62. The van der Waals surface area contributed by atoms with Crippen LogP contribution in [-0.2, 0) is 17.8 Å². The lowest BCUT2D eigenvalue weighted by molar-refractivity contribution is -0.115. The van der Waals surface area contributed by atoms with Crippen molar-refractivity contribution in [1.29, 1.82) is 0 Å². The molecule has 4 aromatic rings. The fourth-order valence-electron chi connectivity index (χ4n) is 3.01. The summed E-state index contributed by atoms with van der Waals surface area (Å²) in [6.45, 7) is 2.13. The van der Waals surface area contributed by atoms with Crippen molar-refractivity contribution in [3.63, 3.8) is 0 Å². The minimum absolute atomic E-state index is 0.323. The third kappa shape index (κ3) is 5.55. The topological polar surface area (TPSA) is 92.7 Å². The zero-order valence-electron chi connectivity index (χ0n) is 17.4. The van der Waals surface area contributed by atoms with Crippen LogP contribution in [0.2, 0.25) is 0 Å². The number of halogens is 2. The second-order valence-electron chi connectivity index (χ2n) is 7.11. The molecule has 0 saturated heterocycles. The van der Waals surface area contributed by atoms with Gasteiger partial charge in [0, 0.05) is 17.5 Å². The van der Waals surface area contributed by atoms with E-state index in [9.17, 15) is 18.4 Å². The van der Waals surface area contributed by atoms with Crippen LogP contribution in [0.15, 0.2) is 63.9 Å². The van der Waals surface area contributed by atoms with E-state index in [-0.39, 0.29) is 11.6 Å². The van der Waals surface area contributed by atoms with Crippen molar-refractivity contribution in [3.8, 4) is 11.3 Å². The van der Waals surface area contributed by atoms with Crippen molar-refractivity contribution in [3.05, 3.63) is 81.6 Å². The van der Waals surface area contributed by atoms with Gasteiger partial charge in [-0.2, -0.15) is 0 Å². The summed E-state index contributed by atoms with van der Waals surface area (Å²) in [5, 5.41) is 11.0. The van der Waals surface area contributed by atoms with E-state index in [0.717, 1.165) is 29.5 Å². The van der Waals surface area contributed by atoms with Crippen LogP contribution in [0.4, 0.5) is 13.9 Å². The Morgan fingerprint density at radius 2 is 2.00 bits per heavy atom. The van der Waals surface area contributed by atoms with Crippen LogP contribution in [0.25, 0.3) is 11.3 Å². The highest BCUT2D eigenvalue weighted by molar-refractivity contribution is 8.00. The molecule has 0 bridgehead atoms. The normalized spacial score (nSPS) is 12.0. The number of thioether (sulfide) groups is 1. The second kappa shape index (κ2) is 10.1. The predicted octanol–water partition coefficient (Wildman–Crippen LogP) is 4.34. The molecular weight excluding hydrogens is 468 g/mol. The number of aryl methyl sites for hydroxylation is 1. The lowest BCUT2D eigenvalue weighted by Crippen LogP contribution is -2.24. The monoisotopic (exact) mass is 487 g/mol. The molecule has 0 aliphatic carbocycles. The van der Waals surface area contributed by atoms with Gasteiger partial charge in [-0.25, -0.2) is 23.7 Å². The van der Waals surface area contributed by atoms with Crippen LogP contribution in [0.3, 0.4) is 0 Å². The van der Waals surface area contributed by atoms with E-state index >= 15 is 0 Å². The number of H-pyrrole nitrogens is 1. The van der Waals surface area contributed by atoms with Crippen LogP contribution >= 0.6 is 23.1 Å². The van der Waals surface area contributed by atoms with E-state index in [2.05, 4.69) is 20.5 Å². The standard InChI is InChI=1S/C22H19F2N5O2S2/c1-13(33-22-28-27-21(31)29(22)10-9-14-5-3-2-4-6-14)19(30)26-20-25-18(12-32-20)15-7-8-16(23)17(24)11-15/h2-8,11-13H,9-10H2,1H3,(H,27,31)(H,25,26,30). The quantitative estimate of drug-likeness (QED) is 0.361. The van der Waals surface area contributed by atoms with Gasteiger partial charge in [0.1, 0.15) is 0 Å². The summed E-state index contributed by atoms with van der Waals surface area (Å²) < 4.78 is 28.1. The fraction of sp³-hybridized carbons (Fsp3) is 0.182. The van der Waals surface area contributed by atoms with E-state index < -0.39 is 16.9 Å². The Labute approximate surface area is 195 Å². The molecule has 7 nitrogen and oxygen atoms in total. The van der Waals surface area contributed by atoms with Gasteiger partial charge in [-0.1, -0.05) is 42.1 Å². The van der Waals surface area contributed by atoms with Gasteiger partial charge in [0.05, 0.1) is 10.9 Å². The van der Waals surface area contributed by atoms with Crippen LogP contribution < -0.4 is 11.0 Å². The Morgan fingerprint density at radius 3 is 2.76 bits per heavy atom. The van der Waals surface area contributed by atoms with Crippen molar-refractivity contribution in [2.45, 2.75) is 30.3 Å². The molecule has 1 atom stereocenters. The van der Waals surface area contributed by atoms with Crippen molar-refractivity contribution in [1.82, 2.24) is 19.7 Å². The number of carbonyl (C=O) groups is 1. The van der Waals surface area contributed by atoms with Gasteiger partial charge in [0.25, 0.3) is 0 Å². The van der Waals surface area contributed by atoms with Gasteiger partial charge in [-0.3, -0.25) is 9.36 Å². The van der Waals surface area contributed by atoms with Crippen molar-refractivity contribution in [2.75, 3.05) is 5.32 Å². The van der Waals surface area contributed by atoms with E-state index in [1.165, 1.54) is 22.0 Å². The third-order valence-electron chi connectivity index (χ3n) is 4.79. The van der Waals surface area contributed by atoms with Crippen LogP contribution in [0, 0.1) is 11.6 Å². The molecule has 2 N–H and O–H groups in total. The van der Waals surface area contributed by atoms with Gasteiger partial charge in [-0.05, 0) is 37.1 Å². The number of aromatic amines is 1. The van der Waals surface area contributed by atoms with Crippen LogP contribution in [0.1, 0.15) is 12.5 Å². The molecule has 2 aromatic carbocycles. The Hall–Kier alpha value is -3.31. The molecule has 1 amide bonds. The maximum absolute atomic E-state index is 13.5. The first kappa shape index (κ1) is 22.9. The number of hydrogen-bond donors (Lipinski definition) is 2. The average molecular weight is 488 g/mol. The number of thiazole rings is 1. The summed E-state index contributed by atoms with van der Waals surface area (Å²) in [6.07, 6.45) is 0.653. The number of nitrogens with zero attached hydrogens (tertiary/aromatic N) is 3.